The van der Waals surface area contributed by atoms with Crippen molar-refractivity contribution in [1.29, 1.82) is 0 Å². The van der Waals surface area contributed by atoms with Crippen LogP contribution in [0.25, 0.3) is 0 Å². The summed E-state index contributed by atoms with van der Waals surface area (Å²) in [7, 11) is -2.20. The van der Waals surface area contributed by atoms with Gasteiger partial charge in [0.05, 0.1) is 11.4 Å². The molecule has 2 aromatic carbocycles. The molecule has 1 amide bonds. The minimum Gasteiger partial charge on any atom is -0.361 e. The van der Waals surface area contributed by atoms with E-state index in [4.69, 9.17) is 4.52 Å². The Hall–Kier alpha value is -3.13. The lowest BCUT2D eigenvalue weighted by Gasteiger charge is -2.18. The Balaban J connectivity index is 1.85. The highest BCUT2D eigenvalue weighted by Gasteiger charge is 2.21. The predicted octanol–water partition coefficient (Wildman–Crippen LogP) is 3.67. The third-order valence-corrected chi connectivity index (χ3v) is 5.82. The summed E-state index contributed by atoms with van der Waals surface area (Å²) in [5.41, 5.74) is 3.04. The van der Waals surface area contributed by atoms with Crippen molar-refractivity contribution in [2.75, 3.05) is 11.8 Å². The minimum atomic E-state index is -3.83. The largest absolute Gasteiger partial charge is 0.361 e. The molecule has 1 N–H and O–H groups in total. The van der Waals surface area contributed by atoms with E-state index in [1.165, 1.54) is 17.0 Å². The lowest BCUT2D eigenvalue weighted by molar-refractivity contribution is 0.0781. The average Bonchev–Trinajstić information content (AvgIpc) is 3.05. The van der Waals surface area contributed by atoms with Crippen molar-refractivity contribution in [2.45, 2.75) is 32.2 Å². The molecule has 0 radical (unpaired) electrons. The van der Waals surface area contributed by atoms with Crippen molar-refractivity contribution < 1.29 is 17.7 Å². The summed E-state index contributed by atoms with van der Waals surface area (Å²) in [6, 6.07) is 13.4. The number of nitrogens with one attached hydrogen (secondary N) is 1. The van der Waals surface area contributed by atoms with Gasteiger partial charge < -0.3 is 9.42 Å². The maximum Gasteiger partial charge on any atom is 0.261 e. The van der Waals surface area contributed by atoms with Crippen LogP contribution in [0.2, 0.25) is 0 Å². The van der Waals surface area contributed by atoms with Crippen LogP contribution < -0.4 is 4.72 Å². The van der Waals surface area contributed by atoms with Crippen LogP contribution in [0.4, 0.5) is 5.69 Å². The summed E-state index contributed by atoms with van der Waals surface area (Å²) in [5.74, 6) is 0.364. The van der Waals surface area contributed by atoms with Gasteiger partial charge in [-0.2, -0.15) is 0 Å². The Morgan fingerprint density at radius 2 is 1.86 bits per heavy atom. The molecule has 0 saturated heterocycles. The molecular formula is C21H23N3O4S. The van der Waals surface area contributed by atoms with Crippen LogP contribution in [0, 0.1) is 20.8 Å². The number of hydrogen-bond acceptors (Lipinski definition) is 5. The molecule has 0 saturated carbocycles. The topological polar surface area (TPSA) is 92.5 Å². The number of aromatic nitrogens is 1. The highest BCUT2D eigenvalue weighted by Crippen LogP contribution is 2.21. The molecule has 0 aliphatic heterocycles. The van der Waals surface area contributed by atoms with E-state index in [-0.39, 0.29) is 17.3 Å². The second kappa shape index (κ2) is 8.08. The fraction of sp³-hybridized carbons (Fsp3) is 0.238. The first-order chi connectivity index (χ1) is 13.7. The highest BCUT2D eigenvalue weighted by atomic mass is 32.2. The number of amides is 1. The van der Waals surface area contributed by atoms with Gasteiger partial charge >= 0.3 is 0 Å². The summed E-state index contributed by atoms with van der Waals surface area (Å²) in [6.45, 7) is 5.69. The summed E-state index contributed by atoms with van der Waals surface area (Å²) < 4.78 is 33.2. The van der Waals surface area contributed by atoms with Gasteiger partial charge in [-0.25, -0.2) is 8.42 Å². The molecule has 0 aliphatic carbocycles. The van der Waals surface area contributed by atoms with Crippen molar-refractivity contribution in [3.63, 3.8) is 0 Å². The molecule has 0 spiro atoms. The first-order valence-corrected chi connectivity index (χ1v) is 10.5. The fourth-order valence-electron chi connectivity index (χ4n) is 2.93. The van der Waals surface area contributed by atoms with Crippen LogP contribution >= 0.6 is 0 Å². The molecule has 3 aromatic rings. The smallest absolute Gasteiger partial charge is 0.261 e. The Morgan fingerprint density at radius 3 is 2.52 bits per heavy atom. The van der Waals surface area contributed by atoms with Gasteiger partial charge in [0.2, 0.25) is 0 Å². The summed E-state index contributed by atoms with van der Waals surface area (Å²) >= 11 is 0. The number of carbonyl (C=O) groups excluding carboxylic acids is 1. The molecule has 29 heavy (non-hydrogen) atoms. The zero-order chi connectivity index (χ0) is 21.2. The van der Waals surface area contributed by atoms with Gasteiger partial charge in [-0.05, 0) is 56.2 Å². The first kappa shape index (κ1) is 20.6. The molecule has 0 atom stereocenters. The fourth-order valence-corrected chi connectivity index (χ4v) is 4.01. The van der Waals surface area contributed by atoms with Crippen LogP contribution in [-0.4, -0.2) is 31.4 Å². The van der Waals surface area contributed by atoms with E-state index in [9.17, 15) is 13.2 Å². The van der Waals surface area contributed by atoms with Crippen molar-refractivity contribution in [2.24, 2.45) is 0 Å². The Morgan fingerprint density at radius 1 is 1.10 bits per heavy atom. The second-order valence-corrected chi connectivity index (χ2v) is 8.72. The molecule has 1 aromatic heterocycles. The van der Waals surface area contributed by atoms with Gasteiger partial charge in [0.1, 0.15) is 11.5 Å². The van der Waals surface area contributed by atoms with E-state index in [0.717, 1.165) is 5.56 Å². The zero-order valence-electron chi connectivity index (χ0n) is 16.8. The van der Waals surface area contributed by atoms with E-state index < -0.39 is 10.0 Å². The minimum absolute atomic E-state index is 0.0265. The molecule has 0 bridgehead atoms. The van der Waals surface area contributed by atoms with Gasteiger partial charge in [-0.1, -0.05) is 23.4 Å². The Bertz CT molecular complexity index is 1150. The third-order valence-electron chi connectivity index (χ3n) is 4.44. The van der Waals surface area contributed by atoms with Crippen LogP contribution in [0.15, 0.2) is 57.9 Å². The molecule has 0 fully saturated rings. The molecule has 0 unspecified atom stereocenters. The standard InChI is InChI=1S/C21H23N3O4S/c1-14-6-5-7-17(10-14)23-29(26,27)19-9-8-15(2)20(12-19)21(25)24(4)13-18-11-16(3)28-22-18/h5-12,23H,13H2,1-4H3. The van der Waals surface area contributed by atoms with E-state index in [2.05, 4.69) is 9.88 Å². The molecule has 152 valence electrons. The van der Waals surface area contributed by atoms with Crippen molar-refractivity contribution in [3.05, 3.63) is 76.7 Å². The summed E-state index contributed by atoms with van der Waals surface area (Å²) in [5, 5.41) is 3.89. The van der Waals surface area contributed by atoms with Crippen molar-refractivity contribution >= 4 is 21.6 Å². The van der Waals surface area contributed by atoms with Crippen LogP contribution in [0.1, 0.15) is 32.9 Å². The second-order valence-electron chi connectivity index (χ2n) is 7.04. The molecule has 7 nitrogen and oxygen atoms in total. The SMILES string of the molecule is Cc1cccc(NS(=O)(=O)c2ccc(C)c(C(=O)N(C)Cc3cc(C)on3)c2)c1. The molecule has 1 heterocycles. The first-order valence-electron chi connectivity index (χ1n) is 9.03. The van der Waals surface area contributed by atoms with Crippen LogP contribution in [-0.2, 0) is 16.6 Å². The quantitative estimate of drug-likeness (QED) is 0.666. The lowest BCUT2D eigenvalue weighted by atomic mass is 10.1. The number of aryl methyl sites for hydroxylation is 3. The molecule has 3 rings (SSSR count). The van der Waals surface area contributed by atoms with Crippen molar-refractivity contribution in [1.82, 2.24) is 10.1 Å². The monoisotopic (exact) mass is 413 g/mol. The van der Waals surface area contributed by atoms with Gasteiger partial charge in [0.15, 0.2) is 0 Å². The Kier molecular flexibility index (Phi) is 5.74. The Labute approximate surface area is 170 Å². The zero-order valence-corrected chi connectivity index (χ0v) is 17.6. The van der Waals surface area contributed by atoms with E-state index >= 15 is 0 Å². The summed E-state index contributed by atoms with van der Waals surface area (Å²) in [6.07, 6.45) is 0. The average molecular weight is 413 g/mol. The molecule has 8 heteroatoms. The van der Waals surface area contributed by atoms with Gasteiger partial charge in [-0.15, -0.1) is 0 Å². The number of carbonyl (C=O) groups is 1. The maximum atomic E-state index is 12.9. The van der Waals surface area contributed by atoms with Crippen molar-refractivity contribution in [3.8, 4) is 0 Å². The normalized spacial score (nSPS) is 11.3. The van der Waals surface area contributed by atoms with Gasteiger partial charge in [-0.3, -0.25) is 9.52 Å². The number of sulfonamides is 1. The lowest BCUT2D eigenvalue weighted by Crippen LogP contribution is -2.27. The number of benzene rings is 2. The van der Waals surface area contributed by atoms with E-state index in [1.54, 1.807) is 51.2 Å². The van der Waals surface area contributed by atoms with Gasteiger partial charge in [0.25, 0.3) is 15.9 Å². The van der Waals surface area contributed by atoms with E-state index in [1.807, 2.05) is 13.0 Å². The van der Waals surface area contributed by atoms with Gasteiger partial charge in [0, 0.05) is 24.4 Å². The number of anilines is 1. The van der Waals surface area contributed by atoms with Crippen LogP contribution in [0.3, 0.4) is 0 Å². The third kappa shape index (κ3) is 4.83. The maximum absolute atomic E-state index is 12.9. The summed E-state index contributed by atoms with van der Waals surface area (Å²) in [4.78, 5) is 14.4. The number of rotatable bonds is 6. The number of hydrogen-bond donors (Lipinski definition) is 1. The van der Waals surface area contributed by atoms with E-state index in [0.29, 0.717) is 28.3 Å². The predicted molar refractivity (Wildman–Crippen MR) is 110 cm³/mol. The number of nitrogens with zero attached hydrogens (tertiary/aromatic N) is 2. The highest BCUT2D eigenvalue weighted by molar-refractivity contribution is 7.92. The molecular weight excluding hydrogens is 390 g/mol. The molecule has 0 aliphatic rings. The van der Waals surface area contributed by atoms with Crippen LogP contribution in [0.5, 0.6) is 0 Å².